The van der Waals surface area contributed by atoms with Crippen LogP contribution in [-0.2, 0) is 4.74 Å². The Kier molecular flexibility index (Phi) is 6.10. The van der Waals surface area contributed by atoms with Gasteiger partial charge in [-0.05, 0) is 88.6 Å². The van der Waals surface area contributed by atoms with E-state index in [0.29, 0.717) is 36.0 Å². The predicted molar refractivity (Wildman–Crippen MR) is 142 cm³/mol. The van der Waals surface area contributed by atoms with Crippen LogP contribution >= 0.6 is 0 Å². The van der Waals surface area contributed by atoms with Crippen LogP contribution in [0.3, 0.4) is 0 Å². The molecule has 2 aromatic carbocycles. The van der Waals surface area contributed by atoms with Crippen LogP contribution in [-0.4, -0.2) is 33.5 Å². The molecule has 2 saturated carbocycles. The van der Waals surface area contributed by atoms with Gasteiger partial charge in [-0.25, -0.2) is 4.79 Å². The fourth-order valence-electron chi connectivity index (χ4n) is 5.16. The molecule has 2 aliphatic rings. The number of carbonyl (C=O) groups is 1. The van der Waals surface area contributed by atoms with Crippen LogP contribution < -0.4 is 10.1 Å². The van der Waals surface area contributed by atoms with Crippen molar-refractivity contribution in [3.05, 3.63) is 48.3 Å². The Hall–Kier alpha value is -3.81. The Morgan fingerprint density at radius 3 is 2.57 bits per heavy atom. The van der Waals surface area contributed by atoms with Crippen LogP contribution in [0.1, 0.15) is 57.8 Å². The fraction of sp³-hybridized carbons (Fsp3) is 0.414. The summed E-state index contributed by atoms with van der Waals surface area (Å²) in [4.78, 5) is 17.0. The van der Waals surface area contributed by atoms with Crippen LogP contribution in [0.15, 0.2) is 47.0 Å². The largest absolute Gasteiger partial charge is 0.494 e. The first-order valence-corrected chi connectivity index (χ1v) is 13.2. The topological polar surface area (TPSA) is 91.4 Å². The number of hydrogen-bond acceptors (Lipinski definition) is 6. The van der Waals surface area contributed by atoms with Gasteiger partial charge in [0.15, 0.2) is 5.82 Å². The number of amides is 1. The second-order valence-electron chi connectivity index (χ2n) is 10.1. The van der Waals surface area contributed by atoms with E-state index in [1.165, 1.54) is 6.42 Å². The molecule has 0 spiro atoms. The lowest BCUT2D eigenvalue weighted by Crippen LogP contribution is -2.21. The standard InChI is InChI=1S/C29H32N4O4/c1-4-35-23-14-15-24-25(16-23)33(22-6-5-7-22)27(26(24)28-30-18(3)32-37-28)20-10-12-21(13-11-20)31-29(34)36-17(2)19-8-9-19/h10-17,19,22H,4-9H2,1-3H3,(H,31,34). The highest BCUT2D eigenvalue weighted by atomic mass is 16.6. The fourth-order valence-corrected chi connectivity index (χ4v) is 5.16. The number of carbonyl (C=O) groups excluding carboxylic acids is 1. The van der Waals surface area contributed by atoms with Gasteiger partial charge in [-0.2, -0.15) is 4.98 Å². The van der Waals surface area contributed by atoms with Crippen LogP contribution in [0.4, 0.5) is 10.5 Å². The zero-order valence-electron chi connectivity index (χ0n) is 21.5. The van der Waals surface area contributed by atoms with E-state index >= 15 is 0 Å². The lowest BCUT2D eigenvalue weighted by molar-refractivity contribution is 0.108. The highest BCUT2D eigenvalue weighted by molar-refractivity contribution is 6.03. The Balaban J connectivity index is 1.42. The third-order valence-electron chi connectivity index (χ3n) is 7.45. The van der Waals surface area contributed by atoms with Crippen molar-refractivity contribution in [2.75, 3.05) is 11.9 Å². The number of hydrogen-bond donors (Lipinski definition) is 1. The van der Waals surface area contributed by atoms with Crippen molar-refractivity contribution >= 4 is 22.7 Å². The van der Waals surface area contributed by atoms with Gasteiger partial charge >= 0.3 is 6.09 Å². The van der Waals surface area contributed by atoms with Gasteiger partial charge in [0, 0.05) is 23.2 Å². The normalized spacial score (nSPS) is 16.4. The highest BCUT2D eigenvalue weighted by Gasteiger charge is 2.32. The van der Waals surface area contributed by atoms with Gasteiger partial charge in [0.25, 0.3) is 5.89 Å². The molecule has 0 saturated heterocycles. The first-order chi connectivity index (χ1) is 18.0. The number of nitrogens with zero attached hydrogens (tertiary/aromatic N) is 3. The Bertz CT molecular complexity index is 1430. The summed E-state index contributed by atoms with van der Waals surface area (Å²) in [5.74, 6) is 2.43. The Labute approximate surface area is 216 Å². The van der Waals surface area contributed by atoms with E-state index in [2.05, 4.69) is 32.2 Å². The van der Waals surface area contributed by atoms with Crippen molar-refractivity contribution in [3.8, 4) is 28.5 Å². The maximum atomic E-state index is 12.4. The zero-order chi connectivity index (χ0) is 25.5. The van der Waals surface area contributed by atoms with Crippen LogP contribution in [0.2, 0.25) is 0 Å². The second-order valence-corrected chi connectivity index (χ2v) is 10.1. The van der Waals surface area contributed by atoms with Crippen molar-refractivity contribution in [2.45, 2.75) is 65.0 Å². The van der Waals surface area contributed by atoms with E-state index in [4.69, 9.17) is 14.0 Å². The molecule has 1 N–H and O–H groups in total. The lowest BCUT2D eigenvalue weighted by atomic mass is 9.92. The summed E-state index contributed by atoms with van der Waals surface area (Å²) in [6.07, 6.45) is 5.22. The molecule has 8 nitrogen and oxygen atoms in total. The average molecular weight is 501 g/mol. The quantitative estimate of drug-likeness (QED) is 0.276. The first kappa shape index (κ1) is 23.6. The average Bonchev–Trinajstić information content (AvgIpc) is 3.55. The molecule has 0 bridgehead atoms. The lowest BCUT2D eigenvalue weighted by Gasteiger charge is -2.30. The summed E-state index contributed by atoms with van der Waals surface area (Å²) in [6, 6.07) is 14.4. The van der Waals surface area contributed by atoms with Gasteiger partial charge in [-0.3, -0.25) is 5.32 Å². The molecule has 37 heavy (non-hydrogen) atoms. The van der Waals surface area contributed by atoms with Gasteiger partial charge in [0.2, 0.25) is 0 Å². The molecule has 192 valence electrons. The van der Waals surface area contributed by atoms with E-state index in [1.54, 1.807) is 0 Å². The monoisotopic (exact) mass is 500 g/mol. The molecule has 0 aliphatic heterocycles. The minimum Gasteiger partial charge on any atom is -0.494 e. The van der Waals surface area contributed by atoms with Crippen LogP contribution in [0.5, 0.6) is 5.75 Å². The Morgan fingerprint density at radius 1 is 1.16 bits per heavy atom. The minimum atomic E-state index is -0.416. The third-order valence-corrected chi connectivity index (χ3v) is 7.45. The molecule has 1 amide bonds. The van der Waals surface area contributed by atoms with Crippen molar-refractivity contribution in [2.24, 2.45) is 5.92 Å². The first-order valence-electron chi connectivity index (χ1n) is 13.2. The minimum absolute atomic E-state index is 0.0561. The predicted octanol–water partition coefficient (Wildman–Crippen LogP) is 7.14. The van der Waals surface area contributed by atoms with Gasteiger partial charge in [0.05, 0.1) is 23.4 Å². The molecular formula is C29H32N4O4. The van der Waals surface area contributed by atoms with Crippen molar-refractivity contribution in [1.82, 2.24) is 14.7 Å². The molecule has 2 fully saturated rings. The molecule has 4 aromatic rings. The van der Waals surface area contributed by atoms with Crippen molar-refractivity contribution in [1.29, 1.82) is 0 Å². The number of rotatable bonds is 8. The number of aryl methyl sites for hydroxylation is 1. The Morgan fingerprint density at radius 2 is 1.95 bits per heavy atom. The molecule has 2 aliphatic carbocycles. The molecule has 2 aromatic heterocycles. The summed E-state index contributed by atoms with van der Waals surface area (Å²) in [7, 11) is 0. The molecular weight excluding hydrogens is 468 g/mol. The smallest absolute Gasteiger partial charge is 0.411 e. The molecule has 6 rings (SSSR count). The number of nitrogens with one attached hydrogen (secondary N) is 1. The van der Waals surface area contributed by atoms with E-state index in [0.717, 1.165) is 59.2 Å². The van der Waals surface area contributed by atoms with E-state index in [-0.39, 0.29) is 6.10 Å². The SMILES string of the molecule is CCOc1ccc2c(-c3nc(C)no3)c(-c3ccc(NC(=O)OC(C)C4CC4)cc3)n(C3CCC3)c2c1. The number of anilines is 1. The van der Waals surface area contributed by atoms with Crippen molar-refractivity contribution in [3.63, 3.8) is 0 Å². The molecule has 2 heterocycles. The van der Waals surface area contributed by atoms with Gasteiger partial charge in [0.1, 0.15) is 11.9 Å². The van der Waals surface area contributed by atoms with Crippen LogP contribution in [0.25, 0.3) is 33.6 Å². The van der Waals surface area contributed by atoms with Gasteiger partial charge in [-0.1, -0.05) is 17.3 Å². The summed E-state index contributed by atoms with van der Waals surface area (Å²) in [5.41, 5.74) is 4.75. The van der Waals surface area contributed by atoms with Gasteiger partial charge in [-0.15, -0.1) is 0 Å². The molecule has 1 unspecified atom stereocenters. The molecule has 8 heteroatoms. The zero-order valence-corrected chi connectivity index (χ0v) is 21.5. The van der Waals surface area contributed by atoms with E-state index < -0.39 is 6.09 Å². The third kappa shape index (κ3) is 4.56. The summed E-state index contributed by atoms with van der Waals surface area (Å²) in [6.45, 7) is 6.38. The van der Waals surface area contributed by atoms with Gasteiger partial charge < -0.3 is 18.6 Å². The van der Waals surface area contributed by atoms with E-state index in [9.17, 15) is 4.79 Å². The molecule has 0 radical (unpaired) electrons. The van der Waals surface area contributed by atoms with E-state index in [1.807, 2.05) is 51.1 Å². The number of ether oxygens (including phenoxy) is 2. The summed E-state index contributed by atoms with van der Waals surface area (Å²) in [5, 5.41) is 7.99. The highest BCUT2D eigenvalue weighted by Crippen LogP contribution is 2.47. The summed E-state index contributed by atoms with van der Waals surface area (Å²) >= 11 is 0. The second kappa shape index (κ2) is 9.57. The van der Waals surface area contributed by atoms with Crippen LogP contribution in [0, 0.1) is 12.8 Å². The summed E-state index contributed by atoms with van der Waals surface area (Å²) < 4.78 is 19.5. The van der Waals surface area contributed by atoms with Crippen molar-refractivity contribution < 1.29 is 18.8 Å². The number of fused-ring (bicyclic) bond motifs is 1. The maximum absolute atomic E-state index is 12.4. The molecule has 1 atom stereocenters. The maximum Gasteiger partial charge on any atom is 0.411 e. The number of benzene rings is 2. The number of aromatic nitrogens is 3.